The Labute approximate surface area is 84.1 Å². The lowest BCUT2D eigenvalue weighted by molar-refractivity contribution is 0.282. The summed E-state index contributed by atoms with van der Waals surface area (Å²) in [4.78, 5) is 0. The van der Waals surface area contributed by atoms with E-state index in [0.29, 0.717) is 0 Å². The highest BCUT2D eigenvalue weighted by atomic mass is 79.9. The fourth-order valence-corrected chi connectivity index (χ4v) is 1.60. The van der Waals surface area contributed by atoms with Gasteiger partial charge < -0.3 is 0 Å². The van der Waals surface area contributed by atoms with E-state index < -0.39 is 6.17 Å². The molecule has 2 heteroatoms. The molecule has 0 aliphatic heterocycles. The van der Waals surface area contributed by atoms with Crippen molar-refractivity contribution in [3.63, 3.8) is 0 Å². The first-order valence-electron chi connectivity index (χ1n) is 5.01. The molecule has 0 aromatic carbocycles. The van der Waals surface area contributed by atoms with E-state index in [1.807, 2.05) is 0 Å². The van der Waals surface area contributed by atoms with E-state index in [1.165, 1.54) is 6.42 Å². The second-order valence-electron chi connectivity index (χ2n) is 3.28. The molecule has 0 bridgehead atoms. The van der Waals surface area contributed by atoms with Crippen LogP contribution in [0.4, 0.5) is 4.39 Å². The average molecular weight is 239 g/mol. The molecule has 1 atom stereocenters. The van der Waals surface area contributed by atoms with Gasteiger partial charge in [-0.2, -0.15) is 0 Å². The summed E-state index contributed by atoms with van der Waals surface area (Å²) in [6.45, 7) is 2.11. The lowest BCUT2D eigenvalue weighted by Crippen LogP contribution is -1.99. The first-order chi connectivity index (χ1) is 5.81. The van der Waals surface area contributed by atoms with Crippen LogP contribution in [0.25, 0.3) is 0 Å². The molecule has 74 valence electrons. The third kappa shape index (κ3) is 8.51. The Morgan fingerprint density at radius 3 is 2.33 bits per heavy atom. The largest absolute Gasteiger partial charge is 0.247 e. The van der Waals surface area contributed by atoms with Crippen LogP contribution in [0.2, 0.25) is 0 Å². The van der Waals surface area contributed by atoms with Crippen LogP contribution in [0, 0.1) is 0 Å². The lowest BCUT2D eigenvalue weighted by Gasteiger charge is -2.05. The average Bonchev–Trinajstić information content (AvgIpc) is 2.09. The highest BCUT2D eigenvalue weighted by Gasteiger charge is 2.04. The molecule has 0 aliphatic rings. The molecule has 0 N–H and O–H groups in total. The summed E-state index contributed by atoms with van der Waals surface area (Å²) in [7, 11) is 0. The van der Waals surface area contributed by atoms with Gasteiger partial charge in [-0.3, -0.25) is 0 Å². The molecule has 0 nitrogen and oxygen atoms in total. The molecule has 12 heavy (non-hydrogen) atoms. The molecule has 1 unspecified atom stereocenters. The number of rotatable bonds is 8. The molecule has 0 aromatic heterocycles. The number of alkyl halides is 2. The van der Waals surface area contributed by atoms with Gasteiger partial charge in [0.15, 0.2) is 0 Å². The van der Waals surface area contributed by atoms with E-state index in [1.54, 1.807) is 0 Å². The van der Waals surface area contributed by atoms with E-state index in [4.69, 9.17) is 0 Å². The Hall–Kier alpha value is 0.410. The summed E-state index contributed by atoms with van der Waals surface area (Å²) < 4.78 is 13.0. The van der Waals surface area contributed by atoms with Crippen molar-refractivity contribution >= 4 is 15.9 Å². The first kappa shape index (κ1) is 12.4. The fourth-order valence-electron chi connectivity index (χ4n) is 1.21. The second-order valence-corrected chi connectivity index (χ2v) is 4.07. The van der Waals surface area contributed by atoms with Crippen LogP contribution >= 0.6 is 15.9 Å². The molecule has 0 radical (unpaired) electrons. The van der Waals surface area contributed by atoms with Crippen LogP contribution in [0.15, 0.2) is 0 Å². The highest BCUT2D eigenvalue weighted by Crippen LogP contribution is 2.13. The van der Waals surface area contributed by atoms with Crippen molar-refractivity contribution in [1.29, 1.82) is 0 Å². The van der Waals surface area contributed by atoms with Gasteiger partial charge in [-0.1, -0.05) is 48.5 Å². The van der Waals surface area contributed by atoms with E-state index in [2.05, 4.69) is 22.9 Å². The van der Waals surface area contributed by atoms with E-state index >= 15 is 0 Å². The van der Waals surface area contributed by atoms with E-state index in [9.17, 15) is 4.39 Å². The molecule has 0 fully saturated rings. The summed E-state index contributed by atoms with van der Waals surface area (Å²) in [5.41, 5.74) is 0. The van der Waals surface area contributed by atoms with Crippen molar-refractivity contribution in [2.45, 2.75) is 58.0 Å². The fraction of sp³-hybridized carbons (Fsp3) is 1.00. The number of unbranched alkanes of at least 4 members (excludes halogenated alkanes) is 3. The van der Waals surface area contributed by atoms with E-state index in [0.717, 1.165) is 43.9 Å². The normalized spacial score (nSPS) is 13.2. The van der Waals surface area contributed by atoms with Gasteiger partial charge in [0.05, 0.1) is 0 Å². The monoisotopic (exact) mass is 238 g/mol. The zero-order chi connectivity index (χ0) is 9.23. The van der Waals surface area contributed by atoms with Crippen LogP contribution in [-0.2, 0) is 0 Å². The molecule has 0 spiro atoms. The standard InChI is InChI=1S/C10H20BrF/c1-2-3-7-10(12)8-5-4-6-9-11/h10H,2-9H2,1H3. The van der Waals surface area contributed by atoms with Gasteiger partial charge in [-0.05, 0) is 19.3 Å². The Morgan fingerprint density at radius 2 is 1.75 bits per heavy atom. The maximum absolute atomic E-state index is 13.0. The van der Waals surface area contributed by atoms with Gasteiger partial charge in [0.1, 0.15) is 6.17 Å². The lowest BCUT2D eigenvalue weighted by atomic mass is 10.1. The molecule has 0 saturated heterocycles. The zero-order valence-corrected chi connectivity index (χ0v) is 9.58. The topological polar surface area (TPSA) is 0 Å². The van der Waals surface area contributed by atoms with Gasteiger partial charge in [-0.25, -0.2) is 4.39 Å². The third-order valence-electron chi connectivity index (χ3n) is 2.02. The summed E-state index contributed by atoms with van der Waals surface area (Å²) in [5.74, 6) is 0. The Bertz CT molecular complexity index is 85.9. The highest BCUT2D eigenvalue weighted by molar-refractivity contribution is 9.09. The number of hydrogen-bond acceptors (Lipinski definition) is 0. The minimum Gasteiger partial charge on any atom is -0.247 e. The molecule has 0 aliphatic carbocycles. The van der Waals surface area contributed by atoms with Crippen molar-refractivity contribution in [3.05, 3.63) is 0 Å². The predicted molar refractivity (Wildman–Crippen MR) is 56.7 cm³/mol. The van der Waals surface area contributed by atoms with Crippen molar-refractivity contribution in [2.75, 3.05) is 5.33 Å². The Balaban J connectivity index is 3.02. The van der Waals surface area contributed by atoms with Crippen LogP contribution in [-0.4, -0.2) is 11.5 Å². The van der Waals surface area contributed by atoms with Crippen LogP contribution in [0.3, 0.4) is 0 Å². The molecule has 0 rings (SSSR count). The predicted octanol–water partition coefficient (Wildman–Crippen LogP) is 4.47. The van der Waals surface area contributed by atoms with Crippen LogP contribution in [0.1, 0.15) is 51.9 Å². The number of halogens is 2. The van der Waals surface area contributed by atoms with Crippen molar-refractivity contribution in [1.82, 2.24) is 0 Å². The van der Waals surface area contributed by atoms with Crippen LogP contribution in [0.5, 0.6) is 0 Å². The smallest absolute Gasteiger partial charge is 0.100 e. The van der Waals surface area contributed by atoms with Crippen molar-refractivity contribution in [2.24, 2.45) is 0 Å². The van der Waals surface area contributed by atoms with Crippen molar-refractivity contribution < 1.29 is 4.39 Å². The molecule has 0 aromatic rings. The van der Waals surface area contributed by atoms with Crippen molar-refractivity contribution in [3.8, 4) is 0 Å². The van der Waals surface area contributed by atoms with Crippen LogP contribution < -0.4 is 0 Å². The molecule has 0 saturated carbocycles. The zero-order valence-electron chi connectivity index (χ0n) is 7.99. The summed E-state index contributed by atoms with van der Waals surface area (Å²) in [6.07, 6.45) is 6.55. The second kappa shape index (κ2) is 9.50. The molecule has 0 amide bonds. The van der Waals surface area contributed by atoms with Gasteiger partial charge in [-0.15, -0.1) is 0 Å². The maximum atomic E-state index is 13.0. The minimum absolute atomic E-state index is 0.541. The summed E-state index contributed by atoms with van der Waals surface area (Å²) >= 11 is 3.36. The number of hydrogen-bond donors (Lipinski definition) is 0. The SMILES string of the molecule is CCCCC(F)CCCCCBr. The third-order valence-corrected chi connectivity index (χ3v) is 2.58. The Kier molecular flexibility index (Phi) is 9.82. The first-order valence-corrected chi connectivity index (χ1v) is 6.13. The Morgan fingerprint density at radius 1 is 1.08 bits per heavy atom. The molecular weight excluding hydrogens is 219 g/mol. The molecular formula is C10H20BrF. The van der Waals surface area contributed by atoms with Gasteiger partial charge in [0.25, 0.3) is 0 Å². The summed E-state index contributed by atoms with van der Waals surface area (Å²) in [6, 6.07) is 0. The van der Waals surface area contributed by atoms with Gasteiger partial charge in [0, 0.05) is 5.33 Å². The van der Waals surface area contributed by atoms with Gasteiger partial charge >= 0.3 is 0 Å². The van der Waals surface area contributed by atoms with Gasteiger partial charge in [0.2, 0.25) is 0 Å². The van der Waals surface area contributed by atoms with E-state index in [-0.39, 0.29) is 0 Å². The minimum atomic E-state index is -0.541. The summed E-state index contributed by atoms with van der Waals surface area (Å²) in [5, 5.41) is 1.05. The molecule has 0 heterocycles. The maximum Gasteiger partial charge on any atom is 0.100 e. The quantitative estimate of drug-likeness (QED) is 0.433.